The van der Waals surface area contributed by atoms with Gasteiger partial charge in [0.25, 0.3) is 0 Å². The monoisotopic (exact) mass is 309 g/mol. The molecule has 0 heterocycles. The smallest absolute Gasteiger partial charge is 0.148 e. The molecular formula is C17H27NO2S. The third-order valence-electron chi connectivity index (χ3n) is 4.26. The van der Waals surface area contributed by atoms with Crippen LogP contribution >= 0.6 is 0 Å². The molecular weight excluding hydrogens is 282 g/mol. The van der Waals surface area contributed by atoms with Crippen LogP contribution in [0.2, 0.25) is 0 Å². The first-order chi connectivity index (χ1) is 9.76. The van der Waals surface area contributed by atoms with E-state index in [4.69, 9.17) is 0 Å². The summed E-state index contributed by atoms with van der Waals surface area (Å²) in [6.45, 7) is 7.30. The summed E-state index contributed by atoms with van der Waals surface area (Å²) >= 11 is 0. The van der Waals surface area contributed by atoms with Crippen molar-refractivity contribution in [1.82, 2.24) is 4.90 Å². The Kier molecular flexibility index (Phi) is 5.10. The summed E-state index contributed by atoms with van der Waals surface area (Å²) in [6, 6.07) is 9.34. The Labute approximate surface area is 129 Å². The fourth-order valence-corrected chi connectivity index (χ4v) is 4.01. The van der Waals surface area contributed by atoms with Gasteiger partial charge in [-0.3, -0.25) is 4.90 Å². The normalized spacial score (nSPS) is 18.7. The van der Waals surface area contributed by atoms with Crippen molar-refractivity contribution >= 4 is 9.84 Å². The molecule has 21 heavy (non-hydrogen) atoms. The van der Waals surface area contributed by atoms with Crippen LogP contribution in [0.5, 0.6) is 0 Å². The van der Waals surface area contributed by atoms with Crippen molar-refractivity contribution in [3.05, 3.63) is 35.4 Å². The lowest BCUT2D eigenvalue weighted by Gasteiger charge is -2.31. The first kappa shape index (κ1) is 16.5. The van der Waals surface area contributed by atoms with E-state index in [9.17, 15) is 8.42 Å². The fraction of sp³-hybridized carbons (Fsp3) is 0.647. The van der Waals surface area contributed by atoms with Gasteiger partial charge in [-0.05, 0) is 38.2 Å². The predicted octanol–water partition coefficient (Wildman–Crippen LogP) is 3.00. The molecule has 1 aliphatic carbocycles. The molecule has 1 fully saturated rings. The van der Waals surface area contributed by atoms with Gasteiger partial charge in [0.15, 0.2) is 0 Å². The Hall–Kier alpha value is -0.870. The lowest BCUT2D eigenvalue weighted by Crippen LogP contribution is -2.41. The van der Waals surface area contributed by atoms with Crippen LogP contribution in [0.25, 0.3) is 0 Å². The summed E-state index contributed by atoms with van der Waals surface area (Å²) in [5.74, 6) is 0.678. The molecule has 0 bridgehead atoms. The van der Waals surface area contributed by atoms with Crippen LogP contribution in [-0.2, 0) is 9.84 Å². The minimum absolute atomic E-state index is 0.0976. The molecule has 0 radical (unpaired) electrons. The molecule has 1 aromatic rings. The SMILES string of the molecule is Cc1ccc(C(C)CN(C(C)CS(C)(=O)=O)C2CC2)cc1. The summed E-state index contributed by atoms with van der Waals surface area (Å²) in [6.07, 6.45) is 3.74. The van der Waals surface area contributed by atoms with E-state index in [1.807, 2.05) is 6.92 Å². The van der Waals surface area contributed by atoms with E-state index in [-0.39, 0.29) is 11.8 Å². The van der Waals surface area contributed by atoms with E-state index < -0.39 is 9.84 Å². The molecule has 2 unspecified atom stereocenters. The Morgan fingerprint density at radius 2 is 1.76 bits per heavy atom. The van der Waals surface area contributed by atoms with Gasteiger partial charge in [0, 0.05) is 24.9 Å². The van der Waals surface area contributed by atoms with Crippen LogP contribution < -0.4 is 0 Å². The molecule has 1 aromatic carbocycles. The highest BCUT2D eigenvalue weighted by Crippen LogP contribution is 2.31. The van der Waals surface area contributed by atoms with Crippen molar-refractivity contribution in [1.29, 1.82) is 0 Å². The maximum Gasteiger partial charge on any atom is 0.148 e. The van der Waals surface area contributed by atoms with Crippen molar-refractivity contribution < 1.29 is 8.42 Å². The Bertz CT molecular complexity index is 561. The van der Waals surface area contributed by atoms with E-state index >= 15 is 0 Å². The average Bonchev–Trinajstić information content (AvgIpc) is 3.18. The topological polar surface area (TPSA) is 37.4 Å². The number of hydrogen-bond donors (Lipinski definition) is 0. The Balaban J connectivity index is 2.04. The number of rotatable bonds is 7. The van der Waals surface area contributed by atoms with Gasteiger partial charge in [0.2, 0.25) is 0 Å². The van der Waals surface area contributed by atoms with Gasteiger partial charge in [-0.1, -0.05) is 36.8 Å². The van der Waals surface area contributed by atoms with Crippen molar-refractivity contribution in [2.75, 3.05) is 18.6 Å². The number of sulfone groups is 1. The van der Waals surface area contributed by atoms with Crippen LogP contribution in [0.3, 0.4) is 0 Å². The van der Waals surface area contributed by atoms with Crippen molar-refractivity contribution in [3.63, 3.8) is 0 Å². The highest BCUT2D eigenvalue weighted by Gasteiger charge is 2.34. The average molecular weight is 309 g/mol. The molecule has 0 saturated heterocycles. The van der Waals surface area contributed by atoms with Gasteiger partial charge in [-0.25, -0.2) is 8.42 Å². The first-order valence-corrected chi connectivity index (χ1v) is 9.82. The highest BCUT2D eigenvalue weighted by molar-refractivity contribution is 7.90. The summed E-state index contributed by atoms with van der Waals surface area (Å²) in [5, 5.41) is 0. The Morgan fingerprint density at radius 3 is 2.24 bits per heavy atom. The molecule has 0 aromatic heterocycles. The molecule has 3 nitrogen and oxygen atoms in total. The van der Waals surface area contributed by atoms with E-state index in [0.29, 0.717) is 12.0 Å². The highest BCUT2D eigenvalue weighted by atomic mass is 32.2. The minimum Gasteiger partial charge on any atom is -0.296 e. The number of benzene rings is 1. The van der Waals surface area contributed by atoms with Gasteiger partial charge in [0.05, 0.1) is 5.75 Å². The second kappa shape index (κ2) is 6.49. The van der Waals surface area contributed by atoms with Crippen LogP contribution in [0.4, 0.5) is 0 Å². The zero-order valence-electron chi connectivity index (χ0n) is 13.5. The molecule has 0 aliphatic heterocycles. The quantitative estimate of drug-likeness (QED) is 0.777. The zero-order chi connectivity index (χ0) is 15.6. The first-order valence-electron chi connectivity index (χ1n) is 7.76. The maximum absolute atomic E-state index is 11.6. The molecule has 0 N–H and O–H groups in total. The lowest BCUT2D eigenvalue weighted by atomic mass is 9.99. The van der Waals surface area contributed by atoms with E-state index in [1.54, 1.807) is 0 Å². The summed E-state index contributed by atoms with van der Waals surface area (Å²) in [7, 11) is -2.92. The van der Waals surface area contributed by atoms with E-state index in [0.717, 1.165) is 6.54 Å². The van der Waals surface area contributed by atoms with Crippen LogP contribution in [0, 0.1) is 6.92 Å². The second-order valence-corrected chi connectivity index (χ2v) is 8.87. The fourth-order valence-electron chi connectivity index (χ4n) is 2.95. The van der Waals surface area contributed by atoms with Gasteiger partial charge >= 0.3 is 0 Å². The maximum atomic E-state index is 11.6. The van der Waals surface area contributed by atoms with Crippen molar-refractivity contribution in [2.45, 2.75) is 51.6 Å². The third-order valence-corrected chi connectivity index (χ3v) is 5.34. The lowest BCUT2D eigenvalue weighted by molar-refractivity contribution is 0.202. The van der Waals surface area contributed by atoms with Crippen LogP contribution in [0.15, 0.2) is 24.3 Å². The molecule has 2 rings (SSSR count). The summed E-state index contributed by atoms with van der Waals surface area (Å²) in [4.78, 5) is 2.39. The number of aryl methyl sites for hydroxylation is 1. The number of nitrogens with zero attached hydrogens (tertiary/aromatic N) is 1. The van der Waals surface area contributed by atoms with Gasteiger partial charge in [-0.2, -0.15) is 0 Å². The largest absolute Gasteiger partial charge is 0.296 e. The third kappa shape index (κ3) is 5.11. The molecule has 118 valence electrons. The standard InChI is InChI=1S/C17H27NO2S/c1-13-5-7-16(8-6-13)14(2)11-18(17-9-10-17)15(3)12-21(4,19)20/h5-8,14-15,17H,9-12H2,1-4H3. The van der Waals surface area contributed by atoms with Crippen LogP contribution in [-0.4, -0.2) is 44.0 Å². The molecule has 1 saturated carbocycles. The van der Waals surface area contributed by atoms with Gasteiger partial charge < -0.3 is 0 Å². The predicted molar refractivity (Wildman–Crippen MR) is 88.5 cm³/mol. The Morgan fingerprint density at radius 1 is 1.19 bits per heavy atom. The molecule has 4 heteroatoms. The summed E-state index contributed by atoms with van der Waals surface area (Å²) < 4.78 is 23.1. The van der Waals surface area contributed by atoms with Gasteiger partial charge in [0.1, 0.15) is 9.84 Å². The van der Waals surface area contributed by atoms with Crippen molar-refractivity contribution in [2.24, 2.45) is 0 Å². The minimum atomic E-state index is -2.92. The summed E-state index contributed by atoms with van der Waals surface area (Å²) in [5.41, 5.74) is 2.60. The zero-order valence-corrected chi connectivity index (χ0v) is 14.4. The van der Waals surface area contributed by atoms with E-state index in [2.05, 4.69) is 43.0 Å². The second-order valence-electron chi connectivity index (χ2n) is 6.68. The molecule has 0 spiro atoms. The number of hydrogen-bond acceptors (Lipinski definition) is 3. The molecule has 0 amide bonds. The molecule has 2 atom stereocenters. The van der Waals surface area contributed by atoms with E-state index in [1.165, 1.54) is 30.2 Å². The molecule has 1 aliphatic rings. The van der Waals surface area contributed by atoms with Crippen LogP contribution in [0.1, 0.15) is 43.7 Å². The van der Waals surface area contributed by atoms with Crippen molar-refractivity contribution in [3.8, 4) is 0 Å². The van der Waals surface area contributed by atoms with Gasteiger partial charge in [-0.15, -0.1) is 0 Å².